The molecule has 3 rings (SSSR count). The zero-order chi connectivity index (χ0) is 14.8. The van der Waals surface area contributed by atoms with E-state index in [-0.39, 0.29) is 17.8 Å². The Morgan fingerprint density at radius 1 is 1.24 bits per heavy atom. The summed E-state index contributed by atoms with van der Waals surface area (Å²) < 4.78 is 5.29. The number of esters is 1. The van der Waals surface area contributed by atoms with E-state index < -0.39 is 0 Å². The molecule has 1 aliphatic rings. The van der Waals surface area contributed by atoms with Crippen molar-refractivity contribution in [1.82, 2.24) is 0 Å². The average molecular weight is 301 g/mol. The van der Waals surface area contributed by atoms with Gasteiger partial charge in [0.05, 0.1) is 10.8 Å². The Labute approximate surface area is 126 Å². The van der Waals surface area contributed by atoms with Gasteiger partial charge in [-0.25, -0.2) is 0 Å². The Kier molecular flexibility index (Phi) is 3.75. The van der Waals surface area contributed by atoms with Crippen molar-refractivity contribution in [3.05, 3.63) is 46.7 Å². The first-order chi connectivity index (χ1) is 10.1. The van der Waals surface area contributed by atoms with E-state index in [1.165, 1.54) is 11.3 Å². The normalized spacial score (nSPS) is 19.9. The van der Waals surface area contributed by atoms with Crippen LogP contribution in [0.3, 0.4) is 0 Å². The van der Waals surface area contributed by atoms with E-state index in [4.69, 9.17) is 4.74 Å². The Bertz CT molecular complexity index is 649. The highest BCUT2D eigenvalue weighted by atomic mass is 32.1. The zero-order valence-electron chi connectivity index (χ0n) is 11.5. The lowest BCUT2D eigenvalue weighted by Crippen LogP contribution is -2.12. The fourth-order valence-corrected chi connectivity index (χ4v) is 2.67. The molecule has 1 amide bonds. The van der Waals surface area contributed by atoms with Crippen LogP contribution in [0.4, 0.5) is 5.69 Å². The molecule has 108 valence electrons. The fraction of sp³-hybridized carbons (Fsp3) is 0.250. The van der Waals surface area contributed by atoms with Gasteiger partial charge < -0.3 is 10.1 Å². The van der Waals surface area contributed by atoms with Gasteiger partial charge in [-0.15, -0.1) is 11.3 Å². The highest BCUT2D eigenvalue weighted by Crippen LogP contribution is 2.38. The molecule has 0 spiro atoms. The van der Waals surface area contributed by atoms with Gasteiger partial charge >= 0.3 is 5.97 Å². The molecule has 1 aromatic carbocycles. The minimum absolute atomic E-state index is 0.0446. The molecule has 1 saturated carbocycles. The summed E-state index contributed by atoms with van der Waals surface area (Å²) in [7, 11) is 0. The van der Waals surface area contributed by atoms with Gasteiger partial charge in [0.1, 0.15) is 5.75 Å². The molecule has 4 nitrogen and oxygen atoms in total. The maximum absolute atomic E-state index is 11.9. The number of amides is 1. The molecule has 0 bridgehead atoms. The van der Waals surface area contributed by atoms with E-state index in [9.17, 15) is 9.59 Å². The third-order valence-corrected chi connectivity index (χ3v) is 4.36. The maximum Gasteiger partial charge on any atom is 0.314 e. The first-order valence-corrected chi connectivity index (χ1v) is 7.68. The standard InChI is InChI=1S/C16H15NO3S/c1-10-9-13(10)16(19)20-12-6-4-11(5-7-12)17-15(18)14-3-2-8-21-14/h2-8,10,13H,9H2,1H3,(H,17,18). The monoisotopic (exact) mass is 301 g/mol. The van der Waals surface area contributed by atoms with E-state index in [0.29, 0.717) is 22.2 Å². The molecule has 2 aromatic rings. The first kappa shape index (κ1) is 13.8. The molecular formula is C16H15NO3S. The van der Waals surface area contributed by atoms with Crippen LogP contribution in [-0.2, 0) is 4.79 Å². The topological polar surface area (TPSA) is 55.4 Å². The number of rotatable bonds is 4. The van der Waals surface area contributed by atoms with Gasteiger partial charge in [-0.3, -0.25) is 9.59 Å². The predicted octanol–water partition coefficient (Wildman–Crippen LogP) is 3.56. The molecule has 1 aliphatic carbocycles. The Balaban J connectivity index is 1.59. The van der Waals surface area contributed by atoms with Crippen LogP contribution in [0.5, 0.6) is 5.75 Å². The van der Waals surface area contributed by atoms with Crippen LogP contribution in [0.2, 0.25) is 0 Å². The Hall–Kier alpha value is -2.14. The molecule has 1 heterocycles. The molecule has 2 unspecified atom stereocenters. The van der Waals surface area contributed by atoms with Crippen LogP contribution < -0.4 is 10.1 Å². The summed E-state index contributed by atoms with van der Waals surface area (Å²) in [5, 5.41) is 4.66. The number of nitrogens with one attached hydrogen (secondary N) is 1. The third kappa shape index (κ3) is 3.31. The molecule has 0 saturated heterocycles. The summed E-state index contributed by atoms with van der Waals surface area (Å²) in [5.74, 6) is 0.678. The van der Waals surface area contributed by atoms with Gasteiger partial charge in [0, 0.05) is 5.69 Å². The zero-order valence-corrected chi connectivity index (χ0v) is 12.4. The van der Waals surface area contributed by atoms with Crippen molar-refractivity contribution in [2.75, 3.05) is 5.32 Å². The Morgan fingerprint density at radius 3 is 2.52 bits per heavy atom. The number of carbonyl (C=O) groups excluding carboxylic acids is 2. The molecule has 21 heavy (non-hydrogen) atoms. The van der Waals surface area contributed by atoms with E-state index in [1.807, 2.05) is 18.4 Å². The van der Waals surface area contributed by atoms with E-state index in [1.54, 1.807) is 30.3 Å². The van der Waals surface area contributed by atoms with Gasteiger partial charge in [0.15, 0.2) is 0 Å². The minimum atomic E-state index is -0.169. The van der Waals surface area contributed by atoms with Crippen LogP contribution in [0, 0.1) is 11.8 Å². The van der Waals surface area contributed by atoms with Crippen molar-refractivity contribution in [3.8, 4) is 5.75 Å². The van der Waals surface area contributed by atoms with Gasteiger partial charge in [0.25, 0.3) is 5.91 Å². The molecule has 1 N–H and O–H groups in total. The largest absolute Gasteiger partial charge is 0.426 e. The summed E-state index contributed by atoms with van der Waals surface area (Å²) in [4.78, 5) is 24.3. The molecule has 5 heteroatoms. The number of benzene rings is 1. The van der Waals surface area contributed by atoms with Gasteiger partial charge in [-0.2, -0.15) is 0 Å². The van der Waals surface area contributed by atoms with Crippen molar-refractivity contribution in [3.63, 3.8) is 0 Å². The second-order valence-corrected chi connectivity index (χ2v) is 6.14. The summed E-state index contributed by atoms with van der Waals surface area (Å²) >= 11 is 1.39. The molecule has 2 atom stereocenters. The van der Waals surface area contributed by atoms with E-state index >= 15 is 0 Å². The van der Waals surface area contributed by atoms with Crippen LogP contribution in [0.15, 0.2) is 41.8 Å². The molecule has 0 radical (unpaired) electrons. The lowest BCUT2D eigenvalue weighted by atomic mass is 10.3. The summed E-state index contributed by atoms with van der Waals surface area (Å²) in [5.41, 5.74) is 0.674. The molecule has 1 aromatic heterocycles. The van der Waals surface area contributed by atoms with Crippen molar-refractivity contribution in [1.29, 1.82) is 0 Å². The quantitative estimate of drug-likeness (QED) is 0.694. The van der Waals surface area contributed by atoms with Crippen molar-refractivity contribution in [2.24, 2.45) is 11.8 Å². The van der Waals surface area contributed by atoms with Crippen LogP contribution in [0.1, 0.15) is 23.0 Å². The minimum Gasteiger partial charge on any atom is -0.426 e. The van der Waals surface area contributed by atoms with Crippen LogP contribution in [-0.4, -0.2) is 11.9 Å². The lowest BCUT2D eigenvalue weighted by Gasteiger charge is -2.06. The number of carbonyl (C=O) groups is 2. The second kappa shape index (κ2) is 5.69. The number of hydrogen-bond donors (Lipinski definition) is 1. The summed E-state index contributed by atoms with van der Waals surface area (Å²) in [6.07, 6.45) is 0.911. The van der Waals surface area contributed by atoms with Crippen LogP contribution >= 0.6 is 11.3 Å². The van der Waals surface area contributed by atoms with E-state index in [0.717, 1.165) is 6.42 Å². The fourth-order valence-electron chi connectivity index (χ4n) is 2.05. The van der Waals surface area contributed by atoms with Crippen molar-refractivity contribution >= 4 is 28.9 Å². The lowest BCUT2D eigenvalue weighted by molar-refractivity contribution is -0.136. The number of thiophene rings is 1. The third-order valence-electron chi connectivity index (χ3n) is 3.49. The average Bonchev–Trinajstić information content (AvgIpc) is 2.99. The van der Waals surface area contributed by atoms with Crippen LogP contribution in [0.25, 0.3) is 0 Å². The van der Waals surface area contributed by atoms with Crippen molar-refractivity contribution in [2.45, 2.75) is 13.3 Å². The molecule has 0 aliphatic heterocycles. The van der Waals surface area contributed by atoms with Crippen molar-refractivity contribution < 1.29 is 14.3 Å². The SMILES string of the molecule is CC1CC1C(=O)Oc1ccc(NC(=O)c2cccs2)cc1. The summed E-state index contributed by atoms with van der Waals surface area (Å²) in [6.45, 7) is 2.04. The van der Waals surface area contributed by atoms with Gasteiger partial charge in [0.2, 0.25) is 0 Å². The number of ether oxygens (including phenoxy) is 1. The molecular weight excluding hydrogens is 286 g/mol. The number of hydrogen-bond acceptors (Lipinski definition) is 4. The smallest absolute Gasteiger partial charge is 0.314 e. The highest BCUT2D eigenvalue weighted by molar-refractivity contribution is 7.12. The van der Waals surface area contributed by atoms with Gasteiger partial charge in [-0.05, 0) is 48.1 Å². The second-order valence-electron chi connectivity index (χ2n) is 5.20. The Morgan fingerprint density at radius 2 is 1.95 bits per heavy atom. The first-order valence-electron chi connectivity index (χ1n) is 6.80. The van der Waals surface area contributed by atoms with E-state index in [2.05, 4.69) is 5.32 Å². The molecule has 1 fully saturated rings. The maximum atomic E-state index is 11.9. The summed E-state index contributed by atoms with van der Waals surface area (Å²) in [6, 6.07) is 10.4. The highest BCUT2D eigenvalue weighted by Gasteiger charge is 2.40. The number of anilines is 1. The van der Waals surface area contributed by atoms with Gasteiger partial charge in [-0.1, -0.05) is 13.0 Å². The predicted molar refractivity (Wildman–Crippen MR) is 81.6 cm³/mol.